The van der Waals surface area contributed by atoms with Crippen molar-refractivity contribution in [1.29, 1.82) is 5.26 Å². The number of carboxylic acids is 1. The molecule has 0 unspecified atom stereocenters. The van der Waals surface area contributed by atoms with Crippen LogP contribution in [0.15, 0.2) is 28.7 Å². The molecule has 0 saturated heterocycles. The van der Waals surface area contributed by atoms with Crippen LogP contribution in [0.3, 0.4) is 0 Å². The van der Waals surface area contributed by atoms with Crippen LogP contribution < -0.4 is 0 Å². The Hall–Kier alpha value is -2.32. The van der Waals surface area contributed by atoms with Crippen LogP contribution in [0.4, 0.5) is 0 Å². The highest BCUT2D eigenvalue weighted by Gasteiger charge is 2.11. The van der Waals surface area contributed by atoms with Crippen molar-refractivity contribution in [3.05, 3.63) is 35.6 Å². The summed E-state index contributed by atoms with van der Waals surface area (Å²) in [7, 11) is 1.94. The quantitative estimate of drug-likeness (QED) is 0.891. The van der Waals surface area contributed by atoms with Gasteiger partial charge in [-0.25, -0.2) is 4.79 Å². The predicted octanol–water partition coefficient (Wildman–Crippen LogP) is 2.48. The van der Waals surface area contributed by atoms with E-state index >= 15 is 0 Å². The number of carboxylic acid groups (broad SMARTS) is 1. The minimum atomic E-state index is -1.07. The Kier molecular flexibility index (Phi) is 3.83. The van der Waals surface area contributed by atoms with Gasteiger partial charge in [0.2, 0.25) is 5.76 Å². The minimum absolute atomic E-state index is 0.0509. The number of rotatable bonds is 5. The van der Waals surface area contributed by atoms with Gasteiger partial charge in [-0.15, -0.1) is 0 Å². The Morgan fingerprint density at radius 3 is 2.95 bits per heavy atom. The maximum atomic E-state index is 10.8. The first-order chi connectivity index (χ1) is 9.10. The Labute approximate surface area is 110 Å². The molecule has 0 amide bonds. The van der Waals surface area contributed by atoms with Crippen molar-refractivity contribution >= 4 is 16.9 Å². The summed E-state index contributed by atoms with van der Waals surface area (Å²) in [4.78, 5) is 12.9. The van der Waals surface area contributed by atoms with Gasteiger partial charge in [0.05, 0.1) is 6.07 Å². The van der Waals surface area contributed by atoms with Gasteiger partial charge in [-0.3, -0.25) is 0 Å². The van der Waals surface area contributed by atoms with E-state index in [9.17, 15) is 4.79 Å². The Balaban J connectivity index is 2.17. The van der Waals surface area contributed by atoms with Gasteiger partial charge in [-0.1, -0.05) is 6.07 Å². The summed E-state index contributed by atoms with van der Waals surface area (Å²) in [5.41, 5.74) is 1.63. The van der Waals surface area contributed by atoms with Crippen molar-refractivity contribution in [3.8, 4) is 6.07 Å². The number of nitriles is 1. The van der Waals surface area contributed by atoms with Crippen molar-refractivity contribution in [3.63, 3.8) is 0 Å². The van der Waals surface area contributed by atoms with E-state index in [1.165, 1.54) is 6.07 Å². The second-order valence-corrected chi connectivity index (χ2v) is 4.43. The Morgan fingerprint density at radius 1 is 1.47 bits per heavy atom. The molecule has 2 rings (SSSR count). The van der Waals surface area contributed by atoms with Crippen LogP contribution in [0.2, 0.25) is 0 Å². The van der Waals surface area contributed by atoms with Gasteiger partial charge in [0.15, 0.2) is 0 Å². The van der Waals surface area contributed by atoms with Crippen LogP contribution in [-0.4, -0.2) is 29.6 Å². The van der Waals surface area contributed by atoms with Crippen molar-refractivity contribution < 1.29 is 14.3 Å². The lowest BCUT2D eigenvalue weighted by Crippen LogP contribution is -2.18. The van der Waals surface area contributed by atoms with Crippen molar-refractivity contribution in [2.75, 3.05) is 13.6 Å². The molecule has 1 aromatic carbocycles. The summed E-state index contributed by atoms with van der Waals surface area (Å²) in [5, 5.41) is 18.2. The van der Waals surface area contributed by atoms with Crippen molar-refractivity contribution in [2.45, 2.75) is 13.0 Å². The van der Waals surface area contributed by atoms with Gasteiger partial charge in [0, 0.05) is 24.9 Å². The highest BCUT2D eigenvalue weighted by Crippen LogP contribution is 2.21. The van der Waals surface area contributed by atoms with Crippen LogP contribution in [0.25, 0.3) is 11.0 Å². The normalized spacial score (nSPS) is 10.8. The molecule has 0 radical (unpaired) electrons. The fourth-order valence-electron chi connectivity index (χ4n) is 1.93. The number of benzene rings is 1. The molecule has 0 spiro atoms. The molecule has 0 fully saturated rings. The molecule has 2 aromatic rings. The number of fused-ring (bicyclic) bond motifs is 1. The molecule has 0 aliphatic rings. The van der Waals surface area contributed by atoms with Crippen LogP contribution >= 0.6 is 0 Å². The van der Waals surface area contributed by atoms with E-state index in [0.717, 1.165) is 10.9 Å². The third-order valence-electron chi connectivity index (χ3n) is 2.85. The fourth-order valence-corrected chi connectivity index (χ4v) is 1.93. The number of hydrogen-bond acceptors (Lipinski definition) is 4. The van der Waals surface area contributed by atoms with Crippen LogP contribution in [0, 0.1) is 11.3 Å². The maximum Gasteiger partial charge on any atom is 0.371 e. The van der Waals surface area contributed by atoms with Gasteiger partial charge in [0.1, 0.15) is 5.58 Å². The third-order valence-corrected chi connectivity index (χ3v) is 2.85. The van der Waals surface area contributed by atoms with E-state index in [4.69, 9.17) is 14.8 Å². The molecule has 1 N–H and O–H groups in total. The number of furan rings is 1. The molecule has 0 aliphatic heterocycles. The maximum absolute atomic E-state index is 10.8. The molecule has 19 heavy (non-hydrogen) atoms. The zero-order chi connectivity index (χ0) is 13.8. The first-order valence-electron chi connectivity index (χ1n) is 5.91. The second-order valence-electron chi connectivity index (χ2n) is 4.43. The Morgan fingerprint density at radius 2 is 2.26 bits per heavy atom. The number of aromatic carboxylic acids is 1. The zero-order valence-corrected chi connectivity index (χ0v) is 10.6. The standard InChI is InChI=1S/C14H14N2O3/c1-16(6-2-5-15)9-10-3-4-12-11(7-10)8-13(19-12)14(17)18/h3-4,7-8H,2,6,9H2,1H3,(H,17,18). The van der Waals surface area contributed by atoms with E-state index in [-0.39, 0.29) is 5.76 Å². The topological polar surface area (TPSA) is 77.5 Å². The average Bonchev–Trinajstić information content (AvgIpc) is 2.79. The molecule has 0 atom stereocenters. The lowest BCUT2D eigenvalue weighted by atomic mass is 10.1. The summed E-state index contributed by atoms with van der Waals surface area (Å²) in [6.07, 6.45) is 0.494. The van der Waals surface area contributed by atoms with Crippen LogP contribution in [0.1, 0.15) is 22.5 Å². The van der Waals surface area contributed by atoms with Gasteiger partial charge < -0.3 is 14.4 Å². The summed E-state index contributed by atoms with van der Waals surface area (Å²) in [5.74, 6) is -1.12. The lowest BCUT2D eigenvalue weighted by molar-refractivity contribution is 0.0665. The molecule has 1 aromatic heterocycles. The van der Waals surface area contributed by atoms with E-state index in [1.54, 1.807) is 6.07 Å². The largest absolute Gasteiger partial charge is 0.475 e. The van der Waals surface area contributed by atoms with E-state index in [1.807, 2.05) is 24.1 Å². The highest BCUT2D eigenvalue weighted by atomic mass is 16.4. The van der Waals surface area contributed by atoms with E-state index in [2.05, 4.69) is 6.07 Å². The van der Waals surface area contributed by atoms with E-state index < -0.39 is 5.97 Å². The average molecular weight is 258 g/mol. The molecular formula is C14H14N2O3. The molecule has 5 heteroatoms. The Bertz CT molecular complexity index is 640. The van der Waals surface area contributed by atoms with Gasteiger partial charge in [-0.05, 0) is 30.8 Å². The monoisotopic (exact) mass is 258 g/mol. The van der Waals surface area contributed by atoms with Gasteiger partial charge in [0.25, 0.3) is 0 Å². The van der Waals surface area contributed by atoms with Gasteiger partial charge in [-0.2, -0.15) is 5.26 Å². The molecule has 5 nitrogen and oxygen atoms in total. The first kappa shape index (κ1) is 13.1. The summed E-state index contributed by atoms with van der Waals surface area (Å²) in [6.45, 7) is 1.42. The second kappa shape index (κ2) is 5.55. The first-order valence-corrected chi connectivity index (χ1v) is 5.91. The summed E-state index contributed by atoms with van der Waals surface area (Å²) >= 11 is 0. The smallest absolute Gasteiger partial charge is 0.371 e. The number of carbonyl (C=O) groups is 1. The molecule has 0 aliphatic carbocycles. The zero-order valence-electron chi connectivity index (χ0n) is 10.6. The van der Waals surface area contributed by atoms with E-state index in [0.29, 0.717) is 25.1 Å². The molecule has 0 saturated carbocycles. The number of nitrogens with zero attached hydrogens (tertiary/aromatic N) is 2. The third kappa shape index (κ3) is 3.12. The summed E-state index contributed by atoms with van der Waals surface area (Å²) in [6, 6.07) is 9.22. The predicted molar refractivity (Wildman–Crippen MR) is 69.7 cm³/mol. The SMILES string of the molecule is CN(CCC#N)Cc1ccc2oc(C(=O)O)cc2c1. The molecule has 98 valence electrons. The minimum Gasteiger partial charge on any atom is -0.475 e. The molecule has 0 bridgehead atoms. The van der Waals surface area contributed by atoms with Gasteiger partial charge >= 0.3 is 5.97 Å². The van der Waals surface area contributed by atoms with Crippen molar-refractivity contribution in [2.24, 2.45) is 0 Å². The number of hydrogen-bond donors (Lipinski definition) is 1. The fraction of sp³-hybridized carbons (Fsp3) is 0.286. The highest BCUT2D eigenvalue weighted by molar-refractivity contribution is 5.91. The molecule has 1 heterocycles. The molecular weight excluding hydrogens is 244 g/mol. The van der Waals surface area contributed by atoms with Crippen LogP contribution in [-0.2, 0) is 6.54 Å². The summed E-state index contributed by atoms with van der Waals surface area (Å²) < 4.78 is 5.20. The van der Waals surface area contributed by atoms with Crippen LogP contribution in [0.5, 0.6) is 0 Å². The lowest BCUT2D eigenvalue weighted by Gasteiger charge is -2.14. The van der Waals surface area contributed by atoms with Crippen molar-refractivity contribution in [1.82, 2.24) is 4.90 Å².